The summed E-state index contributed by atoms with van der Waals surface area (Å²) in [5.74, 6) is -0.547. The van der Waals surface area contributed by atoms with Crippen molar-refractivity contribution in [2.24, 2.45) is 0 Å². The number of sulfone groups is 1. The van der Waals surface area contributed by atoms with E-state index in [0.717, 1.165) is 0 Å². The van der Waals surface area contributed by atoms with Gasteiger partial charge in [-0.05, 0) is 0 Å². The second-order valence-electron chi connectivity index (χ2n) is 4.93. The van der Waals surface area contributed by atoms with Gasteiger partial charge in [-0.2, -0.15) is 0 Å². The van der Waals surface area contributed by atoms with Crippen LogP contribution in [0.2, 0.25) is 0 Å². The maximum Gasteiger partial charge on any atom is 0.217 e. The fourth-order valence-electron chi connectivity index (χ4n) is 2.25. The zero-order chi connectivity index (χ0) is 17.4. The summed E-state index contributed by atoms with van der Waals surface area (Å²) in [4.78, 5) is 0. The van der Waals surface area contributed by atoms with E-state index in [-0.39, 0.29) is 11.3 Å². The van der Waals surface area contributed by atoms with Crippen molar-refractivity contribution in [1.29, 1.82) is 0 Å². The number of rotatable bonds is 3. The Kier molecular flexibility index (Phi) is 4.04. The Hall–Kier alpha value is -2.42. The van der Waals surface area contributed by atoms with E-state index in [0.29, 0.717) is 11.0 Å². The van der Waals surface area contributed by atoms with E-state index in [2.05, 4.69) is 0 Å². The number of hydrogen-bond donors (Lipinski definition) is 0. The molecule has 2 aromatic carbocycles. The van der Waals surface area contributed by atoms with Gasteiger partial charge in [0.25, 0.3) is 0 Å². The average Bonchev–Trinajstić information content (AvgIpc) is 2.53. The molecule has 0 unspecified atom stereocenters. The maximum atomic E-state index is 12.4. The molecule has 24 heavy (non-hydrogen) atoms. The lowest BCUT2D eigenvalue weighted by Crippen LogP contribution is -2.19. The molecular formula is C16H11O6S2-. The van der Waals surface area contributed by atoms with Crippen LogP contribution in [0.4, 0.5) is 0 Å². The zero-order valence-corrected chi connectivity index (χ0v) is 13.7. The van der Waals surface area contributed by atoms with Crippen molar-refractivity contribution in [3.05, 3.63) is 81.4 Å². The van der Waals surface area contributed by atoms with Crippen LogP contribution in [-0.2, 0) is 24.7 Å². The fraction of sp³-hybridized carbons (Fsp3) is 0. The molecule has 1 aliphatic rings. The standard InChI is InChI=1S/C16H12O6S2/c17-23(18)11-14(12-7-3-1-4-8-12)22-15(16(23)24(19,20)21)13-9-5-2-6-10-13/h1-11H,(H,19,20,21)/p-1. The first-order valence-electron chi connectivity index (χ1n) is 6.75. The minimum atomic E-state index is -5.26. The molecule has 1 aliphatic heterocycles. The summed E-state index contributed by atoms with van der Waals surface area (Å²) >= 11 is 0. The van der Waals surface area contributed by atoms with Crippen molar-refractivity contribution in [2.75, 3.05) is 0 Å². The van der Waals surface area contributed by atoms with Gasteiger partial charge in [-0.1, -0.05) is 60.7 Å². The Morgan fingerprint density at radius 1 is 0.833 bits per heavy atom. The van der Waals surface area contributed by atoms with E-state index in [9.17, 15) is 21.4 Å². The second kappa shape index (κ2) is 5.90. The first-order chi connectivity index (χ1) is 11.3. The van der Waals surface area contributed by atoms with Crippen molar-refractivity contribution >= 4 is 31.5 Å². The van der Waals surface area contributed by atoms with Crippen LogP contribution in [0.15, 0.2) is 70.3 Å². The van der Waals surface area contributed by atoms with E-state index in [4.69, 9.17) is 4.74 Å². The highest BCUT2D eigenvalue weighted by molar-refractivity contribution is 8.14. The van der Waals surface area contributed by atoms with Crippen molar-refractivity contribution < 1.29 is 26.1 Å². The molecule has 0 fully saturated rings. The van der Waals surface area contributed by atoms with Gasteiger partial charge in [-0.3, -0.25) is 0 Å². The summed E-state index contributed by atoms with van der Waals surface area (Å²) in [6.45, 7) is 0. The minimum absolute atomic E-state index is 0.0538. The van der Waals surface area contributed by atoms with Crippen molar-refractivity contribution in [3.63, 3.8) is 0 Å². The molecule has 124 valence electrons. The van der Waals surface area contributed by atoms with Crippen molar-refractivity contribution in [2.45, 2.75) is 0 Å². The van der Waals surface area contributed by atoms with Gasteiger partial charge in [0.15, 0.2) is 10.00 Å². The van der Waals surface area contributed by atoms with Crippen molar-refractivity contribution in [1.82, 2.24) is 0 Å². The lowest BCUT2D eigenvalue weighted by Gasteiger charge is -2.23. The smallest absolute Gasteiger partial charge is 0.217 e. The average molecular weight is 363 g/mol. The van der Waals surface area contributed by atoms with Gasteiger partial charge in [0.05, 0.1) is 5.41 Å². The van der Waals surface area contributed by atoms with Gasteiger partial charge >= 0.3 is 0 Å². The molecule has 3 rings (SSSR count). The van der Waals surface area contributed by atoms with Crippen LogP contribution >= 0.6 is 0 Å². The normalized spacial score (nSPS) is 17.1. The van der Waals surface area contributed by atoms with Gasteiger partial charge in [0.2, 0.25) is 9.84 Å². The first kappa shape index (κ1) is 16.4. The molecule has 0 N–H and O–H groups in total. The van der Waals surface area contributed by atoms with Crippen LogP contribution in [-0.4, -0.2) is 21.4 Å². The molecule has 0 aromatic heterocycles. The Labute approximate surface area is 139 Å². The molecular weight excluding hydrogens is 352 g/mol. The Morgan fingerprint density at radius 2 is 1.33 bits per heavy atom. The number of hydrogen-bond acceptors (Lipinski definition) is 6. The van der Waals surface area contributed by atoms with E-state index in [1.54, 1.807) is 48.5 Å². The fourth-order valence-corrected chi connectivity index (χ4v) is 4.91. The molecule has 6 nitrogen and oxygen atoms in total. The van der Waals surface area contributed by atoms with Gasteiger partial charge in [-0.15, -0.1) is 0 Å². The van der Waals surface area contributed by atoms with E-state index in [1.807, 2.05) is 0 Å². The zero-order valence-electron chi connectivity index (χ0n) is 12.1. The largest absolute Gasteiger partial charge is 0.743 e. The molecule has 0 saturated heterocycles. The topological polar surface area (TPSA) is 101 Å². The highest BCUT2D eigenvalue weighted by Crippen LogP contribution is 2.37. The van der Waals surface area contributed by atoms with Crippen LogP contribution in [0.25, 0.3) is 11.5 Å². The van der Waals surface area contributed by atoms with Crippen LogP contribution < -0.4 is 0 Å². The molecule has 8 heteroatoms. The third kappa shape index (κ3) is 3.12. The van der Waals surface area contributed by atoms with Crippen molar-refractivity contribution in [3.8, 4) is 0 Å². The van der Waals surface area contributed by atoms with Crippen LogP contribution in [0.1, 0.15) is 11.1 Å². The molecule has 0 amide bonds. The van der Waals surface area contributed by atoms with Crippen LogP contribution in [0.5, 0.6) is 0 Å². The molecule has 0 bridgehead atoms. The molecule has 0 spiro atoms. The highest BCUT2D eigenvalue weighted by Gasteiger charge is 2.34. The Bertz CT molecular complexity index is 1030. The van der Waals surface area contributed by atoms with E-state index >= 15 is 0 Å². The summed E-state index contributed by atoms with van der Waals surface area (Å²) in [6, 6.07) is 16.1. The summed E-state index contributed by atoms with van der Waals surface area (Å²) < 4.78 is 63.6. The third-order valence-electron chi connectivity index (χ3n) is 3.24. The molecule has 0 atom stereocenters. The SMILES string of the molecule is O=S(=O)([O-])C1=C(c2ccccc2)OC(c2ccccc2)=CS1(=O)=O. The molecule has 0 saturated carbocycles. The predicted octanol–water partition coefficient (Wildman–Crippen LogP) is 2.30. The number of benzene rings is 2. The first-order valence-corrected chi connectivity index (χ1v) is 9.70. The molecule has 0 aliphatic carbocycles. The summed E-state index contributed by atoms with van der Waals surface area (Å²) in [5.41, 5.74) is 0.619. The lowest BCUT2D eigenvalue weighted by atomic mass is 10.2. The summed E-state index contributed by atoms with van der Waals surface area (Å²) in [7, 11) is -9.75. The molecule has 2 aromatic rings. The second-order valence-corrected chi connectivity index (χ2v) is 8.24. The lowest BCUT2D eigenvalue weighted by molar-refractivity contribution is 0.455. The Morgan fingerprint density at radius 3 is 1.83 bits per heavy atom. The van der Waals surface area contributed by atoms with E-state index < -0.39 is 30.0 Å². The van der Waals surface area contributed by atoms with Gasteiger partial charge in [0, 0.05) is 11.1 Å². The minimum Gasteiger partial charge on any atom is -0.743 e. The van der Waals surface area contributed by atoms with Crippen LogP contribution in [0, 0.1) is 0 Å². The van der Waals surface area contributed by atoms with Gasteiger partial charge < -0.3 is 9.29 Å². The predicted molar refractivity (Wildman–Crippen MR) is 87.5 cm³/mol. The molecule has 0 radical (unpaired) electrons. The number of ether oxygens (including phenoxy) is 1. The van der Waals surface area contributed by atoms with E-state index in [1.165, 1.54) is 12.1 Å². The monoisotopic (exact) mass is 363 g/mol. The quantitative estimate of drug-likeness (QED) is 0.776. The Balaban J connectivity index is 2.26. The summed E-state index contributed by atoms with van der Waals surface area (Å²) in [6.07, 6.45) is 0. The summed E-state index contributed by atoms with van der Waals surface area (Å²) in [5, 5.41) is 0.652. The van der Waals surface area contributed by atoms with Gasteiger partial charge in [0.1, 0.15) is 15.9 Å². The van der Waals surface area contributed by atoms with Crippen LogP contribution in [0.3, 0.4) is 0 Å². The highest BCUT2D eigenvalue weighted by atomic mass is 32.3. The third-order valence-corrected chi connectivity index (χ3v) is 6.41. The van der Waals surface area contributed by atoms with Gasteiger partial charge in [-0.25, -0.2) is 16.8 Å². The maximum absolute atomic E-state index is 12.4. The molecule has 1 heterocycles.